The van der Waals surface area contributed by atoms with Crippen molar-refractivity contribution in [2.45, 2.75) is 6.92 Å². The van der Waals surface area contributed by atoms with Crippen molar-refractivity contribution in [3.8, 4) is 0 Å². The first kappa shape index (κ1) is 12.2. The Hall–Kier alpha value is -1.81. The molecule has 0 saturated carbocycles. The molecule has 0 amide bonds. The highest BCUT2D eigenvalue weighted by molar-refractivity contribution is 6.03. The van der Waals surface area contributed by atoms with Gasteiger partial charge in [-0.1, -0.05) is 13.0 Å². The summed E-state index contributed by atoms with van der Waals surface area (Å²) in [5.41, 5.74) is 1.65. The van der Waals surface area contributed by atoms with E-state index in [0.717, 1.165) is 10.9 Å². The SMILES string of the molecule is Cn1ccc2c(C(=O)OCC3(C)COC3)cccc21. The molecule has 4 nitrogen and oxygen atoms in total. The average molecular weight is 259 g/mol. The molecule has 1 aromatic carbocycles. The normalized spacial score (nSPS) is 17.2. The number of carbonyl (C=O) groups excluding carboxylic acids is 1. The molecule has 0 aliphatic carbocycles. The van der Waals surface area contributed by atoms with Gasteiger partial charge >= 0.3 is 5.97 Å². The first-order valence-corrected chi connectivity index (χ1v) is 6.38. The monoisotopic (exact) mass is 259 g/mol. The lowest BCUT2D eigenvalue weighted by Gasteiger charge is -2.37. The summed E-state index contributed by atoms with van der Waals surface area (Å²) >= 11 is 0. The van der Waals surface area contributed by atoms with Crippen molar-refractivity contribution < 1.29 is 14.3 Å². The van der Waals surface area contributed by atoms with E-state index in [0.29, 0.717) is 25.4 Å². The smallest absolute Gasteiger partial charge is 0.338 e. The molecule has 2 heterocycles. The first-order valence-electron chi connectivity index (χ1n) is 6.38. The number of aryl methyl sites for hydroxylation is 1. The van der Waals surface area contributed by atoms with Gasteiger partial charge in [0.2, 0.25) is 0 Å². The van der Waals surface area contributed by atoms with E-state index in [9.17, 15) is 4.79 Å². The second kappa shape index (κ2) is 4.38. The highest BCUT2D eigenvalue weighted by atomic mass is 16.5. The fourth-order valence-electron chi connectivity index (χ4n) is 2.33. The molecule has 1 aromatic heterocycles. The van der Waals surface area contributed by atoms with Gasteiger partial charge in [-0.15, -0.1) is 0 Å². The number of esters is 1. The van der Waals surface area contributed by atoms with Crippen LogP contribution in [0.5, 0.6) is 0 Å². The maximum atomic E-state index is 12.2. The molecular weight excluding hydrogens is 242 g/mol. The van der Waals surface area contributed by atoms with Gasteiger partial charge in [0.15, 0.2) is 0 Å². The third-order valence-electron chi connectivity index (χ3n) is 3.60. The van der Waals surface area contributed by atoms with Gasteiger partial charge in [0.05, 0.1) is 18.8 Å². The van der Waals surface area contributed by atoms with Crippen molar-refractivity contribution in [3.05, 3.63) is 36.0 Å². The van der Waals surface area contributed by atoms with Crippen LogP contribution in [-0.4, -0.2) is 30.4 Å². The molecule has 0 N–H and O–H groups in total. The minimum atomic E-state index is -0.259. The number of hydrogen-bond donors (Lipinski definition) is 0. The molecule has 0 unspecified atom stereocenters. The third kappa shape index (κ3) is 2.12. The van der Waals surface area contributed by atoms with Crippen LogP contribution in [-0.2, 0) is 16.5 Å². The maximum Gasteiger partial charge on any atom is 0.338 e. The Morgan fingerprint density at radius 2 is 2.21 bits per heavy atom. The van der Waals surface area contributed by atoms with E-state index in [1.807, 2.05) is 42.1 Å². The van der Waals surface area contributed by atoms with Crippen molar-refractivity contribution in [3.63, 3.8) is 0 Å². The van der Waals surface area contributed by atoms with Gasteiger partial charge in [-0.2, -0.15) is 0 Å². The van der Waals surface area contributed by atoms with Gasteiger partial charge in [-0.25, -0.2) is 4.79 Å². The standard InChI is InChI=1S/C15H17NO3/c1-15(8-18-9-15)10-19-14(17)12-4-3-5-13-11(12)6-7-16(13)2/h3-7H,8-10H2,1-2H3. The number of nitrogens with zero attached hydrogens (tertiary/aromatic N) is 1. The van der Waals surface area contributed by atoms with Crippen LogP contribution in [0, 0.1) is 5.41 Å². The third-order valence-corrected chi connectivity index (χ3v) is 3.60. The summed E-state index contributed by atoms with van der Waals surface area (Å²) in [6, 6.07) is 7.63. The van der Waals surface area contributed by atoms with Crippen molar-refractivity contribution in [2.24, 2.45) is 12.5 Å². The number of hydrogen-bond acceptors (Lipinski definition) is 3. The van der Waals surface area contributed by atoms with Crippen LogP contribution >= 0.6 is 0 Å². The van der Waals surface area contributed by atoms with Crippen LogP contribution in [0.4, 0.5) is 0 Å². The summed E-state index contributed by atoms with van der Waals surface area (Å²) in [7, 11) is 1.96. The maximum absolute atomic E-state index is 12.2. The average Bonchev–Trinajstić information content (AvgIpc) is 2.76. The second-order valence-corrected chi connectivity index (χ2v) is 5.54. The van der Waals surface area contributed by atoms with E-state index in [-0.39, 0.29) is 11.4 Å². The Kier molecular flexibility index (Phi) is 2.82. The first-order chi connectivity index (χ1) is 9.09. The number of carbonyl (C=O) groups is 1. The Labute approximate surface area is 111 Å². The number of benzene rings is 1. The van der Waals surface area contributed by atoms with Gasteiger partial charge in [0.25, 0.3) is 0 Å². The van der Waals surface area contributed by atoms with E-state index in [2.05, 4.69) is 6.92 Å². The molecule has 1 aliphatic heterocycles. The highest BCUT2D eigenvalue weighted by Crippen LogP contribution is 2.27. The van der Waals surface area contributed by atoms with Crippen LogP contribution in [0.15, 0.2) is 30.5 Å². The van der Waals surface area contributed by atoms with Gasteiger partial charge in [-0.05, 0) is 18.2 Å². The largest absolute Gasteiger partial charge is 0.461 e. The van der Waals surface area contributed by atoms with Crippen LogP contribution in [0.1, 0.15) is 17.3 Å². The van der Waals surface area contributed by atoms with Crippen molar-refractivity contribution in [1.82, 2.24) is 4.57 Å². The van der Waals surface area contributed by atoms with Gasteiger partial charge in [0.1, 0.15) is 6.61 Å². The number of aromatic nitrogens is 1. The van der Waals surface area contributed by atoms with Crippen molar-refractivity contribution in [1.29, 1.82) is 0 Å². The van der Waals surface area contributed by atoms with Gasteiger partial charge in [-0.3, -0.25) is 0 Å². The zero-order valence-electron chi connectivity index (χ0n) is 11.2. The highest BCUT2D eigenvalue weighted by Gasteiger charge is 2.35. The zero-order chi connectivity index (χ0) is 13.5. The van der Waals surface area contributed by atoms with Crippen LogP contribution in [0.25, 0.3) is 10.9 Å². The lowest BCUT2D eigenvalue weighted by Crippen LogP contribution is -2.44. The number of fused-ring (bicyclic) bond motifs is 1. The lowest BCUT2D eigenvalue weighted by molar-refractivity contribution is -0.127. The molecule has 0 atom stereocenters. The predicted octanol–water partition coefficient (Wildman–Crippen LogP) is 2.37. The van der Waals surface area contributed by atoms with E-state index >= 15 is 0 Å². The van der Waals surface area contributed by atoms with E-state index in [1.54, 1.807) is 0 Å². The molecule has 2 aromatic rings. The fraction of sp³-hybridized carbons (Fsp3) is 0.400. The van der Waals surface area contributed by atoms with E-state index in [4.69, 9.17) is 9.47 Å². The van der Waals surface area contributed by atoms with Crippen LogP contribution < -0.4 is 0 Å². The molecular formula is C15H17NO3. The molecule has 1 fully saturated rings. The van der Waals surface area contributed by atoms with Gasteiger partial charge in [0, 0.05) is 29.6 Å². The molecule has 19 heavy (non-hydrogen) atoms. The summed E-state index contributed by atoms with van der Waals surface area (Å²) in [6.45, 7) is 3.80. The van der Waals surface area contributed by atoms with Gasteiger partial charge < -0.3 is 14.0 Å². The lowest BCUT2D eigenvalue weighted by atomic mass is 9.90. The minimum Gasteiger partial charge on any atom is -0.461 e. The molecule has 0 spiro atoms. The molecule has 4 heteroatoms. The molecule has 1 aliphatic rings. The van der Waals surface area contributed by atoms with Crippen molar-refractivity contribution >= 4 is 16.9 Å². The Bertz CT molecular complexity index is 625. The summed E-state index contributed by atoms with van der Waals surface area (Å²) in [5, 5.41) is 0.935. The number of ether oxygens (including phenoxy) is 2. The number of rotatable bonds is 3. The zero-order valence-corrected chi connectivity index (χ0v) is 11.2. The topological polar surface area (TPSA) is 40.5 Å². The molecule has 100 valence electrons. The quantitative estimate of drug-likeness (QED) is 0.794. The molecule has 0 radical (unpaired) electrons. The molecule has 1 saturated heterocycles. The summed E-state index contributed by atoms with van der Waals surface area (Å²) in [4.78, 5) is 12.2. The summed E-state index contributed by atoms with van der Waals surface area (Å²) in [6.07, 6.45) is 1.95. The summed E-state index contributed by atoms with van der Waals surface area (Å²) in [5.74, 6) is -0.259. The van der Waals surface area contributed by atoms with Crippen LogP contribution in [0.2, 0.25) is 0 Å². The predicted molar refractivity (Wildman–Crippen MR) is 72.1 cm³/mol. The summed E-state index contributed by atoms with van der Waals surface area (Å²) < 4.78 is 12.6. The van der Waals surface area contributed by atoms with E-state index in [1.165, 1.54) is 0 Å². The second-order valence-electron chi connectivity index (χ2n) is 5.54. The Balaban J connectivity index is 1.81. The Morgan fingerprint density at radius 1 is 1.42 bits per heavy atom. The van der Waals surface area contributed by atoms with Crippen LogP contribution in [0.3, 0.4) is 0 Å². The Morgan fingerprint density at radius 3 is 2.89 bits per heavy atom. The van der Waals surface area contributed by atoms with E-state index < -0.39 is 0 Å². The molecule has 0 bridgehead atoms. The minimum absolute atomic E-state index is 0.0136. The fourth-order valence-corrected chi connectivity index (χ4v) is 2.33. The van der Waals surface area contributed by atoms with Crippen molar-refractivity contribution in [2.75, 3.05) is 19.8 Å². The molecule has 3 rings (SSSR count).